The third kappa shape index (κ3) is 4.88. The quantitative estimate of drug-likeness (QED) is 0.664. The number of aliphatic hydroxyl groups excluding tert-OH is 1. The number of hydrogen-bond donors (Lipinski definition) is 1. The predicted octanol–water partition coefficient (Wildman–Crippen LogP) is 5.37. The van der Waals surface area contributed by atoms with Gasteiger partial charge in [0.05, 0.1) is 12.7 Å². The molecule has 1 atom stereocenters. The maximum Gasteiger partial charge on any atom is 0.119 e. The fourth-order valence-corrected chi connectivity index (χ4v) is 2.42. The summed E-state index contributed by atoms with van der Waals surface area (Å²) in [5.74, 6) is 0.931. The van der Waals surface area contributed by atoms with E-state index >= 15 is 0 Å². The zero-order chi connectivity index (χ0) is 15.8. The molecule has 2 aromatic rings. The Morgan fingerprint density at radius 2 is 1.45 bits per heavy atom. The second-order valence-electron chi connectivity index (χ2n) is 5.73. The average molecular weight is 298 g/mol. The molecule has 0 heterocycles. The molecule has 0 bridgehead atoms. The standard InChI is InChI=1S/C20H26O2/c1-3-4-5-6-15-22-20-13-11-19(12-14-20)18-9-7-17(8-10-18)16(2)21/h7-14,16,21H,3-6,15H2,1-2H3. The number of aliphatic hydroxyl groups is 1. The van der Waals surface area contributed by atoms with E-state index in [1.54, 1.807) is 6.92 Å². The number of unbranched alkanes of at least 4 members (excludes halogenated alkanes) is 3. The fourth-order valence-electron chi connectivity index (χ4n) is 2.42. The van der Waals surface area contributed by atoms with E-state index in [0.29, 0.717) is 0 Å². The lowest BCUT2D eigenvalue weighted by Crippen LogP contribution is -1.97. The summed E-state index contributed by atoms with van der Waals surface area (Å²) >= 11 is 0. The summed E-state index contributed by atoms with van der Waals surface area (Å²) in [5.41, 5.74) is 3.25. The third-order valence-corrected chi connectivity index (χ3v) is 3.85. The minimum absolute atomic E-state index is 0.419. The minimum atomic E-state index is -0.419. The van der Waals surface area contributed by atoms with Gasteiger partial charge in [0.25, 0.3) is 0 Å². The van der Waals surface area contributed by atoms with Crippen molar-refractivity contribution in [1.29, 1.82) is 0 Å². The number of rotatable bonds is 8. The minimum Gasteiger partial charge on any atom is -0.494 e. The van der Waals surface area contributed by atoms with Crippen LogP contribution in [0.15, 0.2) is 48.5 Å². The molecule has 2 rings (SSSR count). The lowest BCUT2D eigenvalue weighted by Gasteiger charge is -2.09. The summed E-state index contributed by atoms with van der Waals surface area (Å²) in [4.78, 5) is 0. The van der Waals surface area contributed by atoms with Gasteiger partial charge in [0.2, 0.25) is 0 Å². The molecule has 0 radical (unpaired) electrons. The van der Waals surface area contributed by atoms with Crippen LogP contribution in [-0.4, -0.2) is 11.7 Å². The Kier molecular flexibility index (Phi) is 6.47. The lowest BCUT2D eigenvalue weighted by molar-refractivity contribution is 0.199. The maximum absolute atomic E-state index is 9.54. The van der Waals surface area contributed by atoms with Gasteiger partial charge in [-0.25, -0.2) is 0 Å². The van der Waals surface area contributed by atoms with Crippen molar-refractivity contribution in [2.24, 2.45) is 0 Å². The highest BCUT2D eigenvalue weighted by atomic mass is 16.5. The molecule has 2 nitrogen and oxygen atoms in total. The average Bonchev–Trinajstić information content (AvgIpc) is 2.55. The van der Waals surface area contributed by atoms with E-state index in [-0.39, 0.29) is 0 Å². The van der Waals surface area contributed by atoms with Gasteiger partial charge >= 0.3 is 0 Å². The normalized spacial score (nSPS) is 12.1. The number of hydrogen-bond acceptors (Lipinski definition) is 2. The van der Waals surface area contributed by atoms with Crippen LogP contribution in [0.25, 0.3) is 11.1 Å². The first-order chi connectivity index (χ1) is 10.7. The van der Waals surface area contributed by atoms with Crippen molar-refractivity contribution in [1.82, 2.24) is 0 Å². The molecule has 1 N–H and O–H groups in total. The summed E-state index contributed by atoms with van der Waals surface area (Å²) in [6.45, 7) is 4.79. The van der Waals surface area contributed by atoms with E-state index in [9.17, 15) is 5.11 Å². The molecule has 0 aliphatic rings. The van der Waals surface area contributed by atoms with E-state index in [1.165, 1.54) is 19.3 Å². The Labute approximate surface area is 133 Å². The van der Waals surface area contributed by atoms with Crippen molar-refractivity contribution in [3.05, 3.63) is 54.1 Å². The molecule has 0 saturated heterocycles. The van der Waals surface area contributed by atoms with Crippen LogP contribution in [0.5, 0.6) is 5.75 Å². The largest absolute Gasteiger partial charge is 0.494 e. The Bertz CT molecular complexity index is 541. The fraction of sp³-hybridized carbons (Fsp3) is 0.400. The molecule has 0 amide bonds. The van der Waals surface area contributed by atoms with Gasteiger partial charge in [-0.3, -0.25) is 0 Å². The van der Waals surface area contributed by atoms with Crippen LogP contribution in [0.4, 0.5) is 0 Å². The highest BCUT2D eigenvalue weighted by molar-refractivity contribution is 5.64. The molecular weight excluding hydrogens is 272 g/mol. The van der Waals surface area contributed by atoms with E-state index in [0.717, 1.165) is 35.5 Å². The molecule has 0 saturated carbocycles. The molecule has 0 fully saturated rings. The molecule has 0 aliphatic carbocycles. The van der Waals surface area contributed by atoms with E-state index in [2.05, 4.69) is 19.1 Å². The van der Waals surface area contributed by atoms with Gasteiger partial charge in [-0.1, -0.05) is 62.6 Å². The van der Waals surface area contributed by atoms with Crippen molar-refractivity contribution < 1.29 is 9.84 Å². The summed E-state index contributed by atoms with van der Waals surface area (Å²) < 4.78 is 5.76. The van der Waals surface area contributed by atoms with Crippen LogP contribution in [0.2, 0.25) is 0 Å². The Balaban J connectivity index is 1.91. The Morgan fingerprint density at radius 3 is 2.00 bits per heavy atom. The molecule has 0 spiro atoms. The van der Waals surface area contributed by atoms with Gasteiger partial charge in [-0.15, -0.1) is 0 Å². The van der Waals surface area contributed by atoms with Gasteiger partial charge in [-0.05, 0) is 42.2 Å². The smallest absolute Gasteiger partial charge is 0.119 e. The maximum atomic E-state index is 9.54. The molecule has 2 heteroatoms. The van der Waals surface area contributed by atoms with Crippen molar-refractivity contribution in [2.45, 2.75) is 45.6 Å². The molecule has 0 aliphatic heterocycles. The summed E-state index contributed by atoms with van der Waals surface area (Å²) in [5, 5.41) is 9.54. The first-order valence-corrected chi connectivity index (χ1v) is 8.22. The molecule has 22 heavy (non-hydrogen) atoms. The van der Waals surface area contributed by atoms with Crippen LogP contribution >= 0.6 is 0 Å². The molecule has 118 valence electrons. The first kappa shape index (κ1) is 16.6. The van der Waals surface area contributed by atoms with Gasteiger partial charge in [0.1, 0.15) is 5.75 Å². The van der Waals surface area contributed by atoms with E-state index < -0.39 is 6.10 Å². The third-order valence-electron chi connectivity index (χ3n) is 3.85. The van der Waals surface area contributed by atoms with Crippen LogP contribution in [0.1, 0.15) is 51.2 Å². The molecule has 0 aromatic heterocycles. The number of ether oxygens (including phenoxy) is 1. The summed E-state index contributed by atoms with van der Waals surface area (Å²) in [6, 6.07) is 16.2. The van der Waals surface area contributed by atoms with Crippen LogP contribution < -0.4 is 4.74 Å². The SMILES string of the molecule is CCCCCCOc1ccc(-c2ccc(C(C)O)cc2)cc1. The Hall–Kier alpha value is -1.80. The molecule has 1 unspecified atom stereocenters. The molecule has 2 aromatic carbocycles. The zero-order valence-corrected chi connectivity index (χ0v) is 13.6. The van der Waals surface area contributed by atoms with E-state index in [1.807, 2.05) is 36.4 Å². The second-order valence-corrected chi connectivity index (χ2v) is 5.73. The summed E-state index contributed by atoms with van der Waals surface area (Å²) in [7, 11) is 0. The van der Waals surface area contributed by atoms with Gasteiger partial charge in [-0.2, -0.15) is 0 Å². The van der Waals surface area contributed by atoms with Gasteiger partial charge < -0.3 is 9.84 Å². The highest BCUT2D eigenvalue weighted by Crippen LogP contribution is 2.24. The predicted molar refractivity (Wildman–Crippen MR) is 92.1 cm³/mol. The monoisotopic (exact) mass is 298 g/mol. The first-order valence-electron chi connectivity index (χ1n) is 8.22. The van der Waals surface area contributed by atoms with Crippen LogP contribution in [-0.2, 0) is 0 Å². The Morgan fingerprint density at radius 1 is 0.864 bits per heavy atom. The van der Waals surface area contributed by atoms with Crippen molar-refractivity contribution in [3.8, 4) is 16.9 Å². The van der Waals surface area contributed by atoms with Gasteiger partial charge in [0.15, 0.2) is 0 Å². The van der Waals surface area contributed by atoms with Gasteiger partial charge in [0, 0.05) is 0 Å². The van der Waals surface area contributed by atoms with Crippen LogP contribution in [0, 0.1) is 0 Å². The highest BCUT2D eigenvalue weighted by Gasteiger charge is 2.02. The van der Waals surface area contributed by atoms with Crippen molar-refractivity contribution in [2.75, 3.05) is 6.61 Å². The second kappa shape index (κ2) is 8.60. The van der Waals surface area contributed by atoms with Crippen molar-refractivity contribution >= 4 is 0 Å². The number of benzene rings is 2. The summed E-state index contributed by atoms with van der Waals surface area (Å²) in [6.07, 6.45) is 4.48. The van der Waals surface area contributed by atoms with E-state index in [4.69, 9.17) is 4.74 Å². The molecular formula is C20H26O2. The lowest BCUT2D eigenvalue weighted by atomic mass is 10.0. The van der Waals surface area contributed by atoms with Crippen LogP contribution in [0.3, 0.4) is 0 Å². The van der Waals surface area contributed by atoms with Crippen molar-refractivity contribution in [3.63, 3.8) is 0 Å². The topological polar surface area (TPSA) is 29.5 Å². The zero-order valence-electron chi connectivity index (χ0n) is 13.6.